The second kappa shape index (κ2) is 5.14. The molecular formula is C12H16N4O2. The summed E-state index contributed by atoms with van der Waals surface area (Å²) in [5, 5.41) is 21.3. The number of nitrogens with zero attached hydrogens (tertiary/aromatic N) is 4. The topological polar surface area (TPSA) is 73.1 Å². The predicted octanol–water partition coefficient (Wildman–Crippen LogP) is 1.15. The first-order chi connectivity index (χ1) is 8.56. The van der Waals surface area contributed by atoms with E-state index in [-0.39, 0.29) is 6.61 Å². The minimum Gasteiger partial charge on any atom is -0.485 e. The van der Waals surface area contributed by atoms with E-state index >= 15 is 0 Å². The molecule has 1 aromatic heterocycles. The highest BCUT2D eigenvalue weighted by Gasteiger charge is 2.10. The molecule has 0 radical (unpaired) electrons. The third-order valence-electron chi connectivity index (χ3n) is 2.52. The summed E-state index contributed by atoms with van der Waals surface area (Å²) in [7, 11) is 1.70. The van der Waals surface area contributed by atoms with E-state index in [9.17, 15) is 5.11 Å². The van der Waals surface area contributed by atoms with E-state index in [2.05, 4.69) is 15.4 Å². The lowest BCUT2D eigenvalue weighted by atomic mass is 10.1. The summed E-state index contributed by atoms with van der Waals surface area (Å²) in [6.45, 7) is 3.92. The van der Waals surface area contributed by atoms with Gasteiger partial charge in [0.15, 0.2) is 6.61 Å². The molecule has 0 amide bonds. The van der Waals surface area contributed by atoms with Gasteiger partial charge in [-0.05, 0) is 31.2 Å². The van der Waals surface area contributed by atoms with Crippen LogP contribution in [0.2, 0.25) is 0 Å². The quantitative estimate of drug-likeness (QED) is 0.878. The first kappa shape index (κ1) is 12.5. The normalized spacial score (nSPS) is 12.4. The van der Waals surface area contributed by atoms with Crippen molar-refractivity contribution >= 4 is 0 Å². The number of benzene rings is 1. The minimum absolute atomic E-state index is 0.233. The molecule has 0 saturated carbocycles. The molecule has 1 atom stereocenters. The molecule has 0 aliphatic carbocycles. The number of aromatic nitrogens is 4. The number of ether oxygens (including phenoxy) is 1. The molecule has 2 rings (SSSR count). The van der Waals surface area contributed by atoms with E-state index in [1.807, 2.05) is 25.1 Å². The molecule has 6 heteroatoms. The molecule has 1 N–H and O–H groups in total. The molecule has 1 aromatic carbocycles. The summed E-state index contributed by atoms with van der Waals surface area (Å²) < 4.78 is 5.61. The second-order valence-corrected chi connectivity index (χ2v) is 4.20. The maximum atomic E-state index is 9.70. The lowest BCUT2D eigenvalue weighted by Gasteiger charge is -2.13. The van der Waals surface area contributed by atoms with Crippen molar-refractivity contribution in [3.05, 3.63) is 35.2 Å². The largest absolute Gasteiger partial charge is 0.485 e. The maximum absolute atomic E-state index is 9.70. The van der Waals surface area contributed by atoms with Crippen molar-refractivity contribution in [3.8, 4) is 5.75 Å². The fraction of sp³-hybridized carbons (Fsp3) is 0.417. The van der Waals surface area contributed by atoms with Crippen molar-refractivity contribution < 1.29 is 9.84 Å². The predicted molar refractivity (Wildman–Crippen MR) is 64.9 cm³/mol. The SMILES string of the molecule is Cc1ccc(OCc2nnn(C)n2)c(C(C)O)c1. The molecule has 96 valence electrons. The van der Waals surface area contributed by atoms with Crippen LogP contribution in [0.5, 0.6) is 5.75 Å². The first-order valence-electron chi connectivity index (χ1n) is 5.70. The summed E-state index contributed by atoms with van der Waals surface area (Å²) in [5.41, 5.74) is 1.84. The van der Waals surface area contributed by atoms with Crippen LogP contribution in [-0.4, -0.2) is 25.3 Å². The van der Waals surface area contributed by atoms with Gasteiger partial charge in [-0.2, -0.15) is 4.80 Å². The molecule has 0 saturated heterocycles. The minimum atomic E-state index is -0.574. The van der Waals surface area contributed by atoms with E-state index in [1.165, 1.54) is 4.80 Å². The van der Waals surface area contributed by atoms with Crippen molar-refractivity contribution in [1.29, 1.82) is 0 Å². The average molecular weight is 248 g/mol. The van der Waals surface area contributed by atoms with E-state index < -0.39 is 6.10 Å². The molecule has 0 aliphatic heterocycles. The summed E-state index contributed by atoms with van der Waals surface area (Å²) in [4.78, 5) is 1.38. The van der Waals surface area contributed by atoms with Crippen molar-refractivity contribution in [2.75, 3.05) is 0 Å². The van der Waals surface area contributed by atoms with Gasteiger partial charge >= 0.3 is 0 Å². The Kier molecular flexibility index (Phi) is 3.57. The Morgan fingerprint density at radius 2 is 2.22 bits per heavy atom. The van der Waals surface area contributed by atoms with Crippen LogP contribution in [0.25, 0.3) is 0 Å². The van der Waals surface area contributed by atoms with Gasteiger partial charge in [-0.1, -0.05) is 11.6 Å². The van der Waals surface area contributed by atoms with Gasteiger partial charge < -0.3 is 9.84 Å². The van der Waals surface area contributed by atoms with E-state index in [1.54, 1.807) is 14.0 Å². The molecule has 6 nitrogen and oxygen atoms in total. The van der Waals surface area contributed by atoms with Crippen LogP contribution in [0.1, 0.15) is 30.0 Å². The second-order valence-electron chi connectivity index (χ2n) is 4.20. The van der Waals surface area contributed by atoms with Gasteiger partial charge in [-0.15, -0.1) is 10.2 Å². The lowest BCUT2D eigenvalue weighted by molar-refractivity contribution is 0.189. The number of aliphatic hydroxyl groups is 1. The van der Waals surface area contributed by atoms with Crippen LogP contribution >= 0.6 is 0 Å². The summed E-state index contributed by atoms with van der Waals surface area (Å²) in [5.74, 6) is 1.15. The Morgan fingerprint density at radius 3 is 2.83 bits per heavy atom. The fourth-order valence-electron chi connectivity index (χ4n) is 1.65. The van der Waals surface area contributed by atoms with Gasteiger partial charge in [0.2, 0.25) is 5.82 Å². The Bertz CT molecular complexity index is 537. The van der Waals surface area contributed by atoms with E-state index in [0.717, 1.165) is 11.1 Å². The van der Waals surface area contributed by atoms with Gasteiger partial charge in [0.25, 0.3) is 0 Å². The number of rotatable bonds is 4. The van der Waals surface area contributed by atoms with Crippen LogP contribution in [0.3, 0.4) is 0 Å². The summed E-state index contributed by atoms with van der Waals surface area (Å²) in [6, 6.07) is 5.68. The third-order valence-corrected chi connectivity index (χ3v) is 2.52. The van der Waals surface area contributed by atoms with Crippen LogP contribution in [0.4, 0.5) is 0 Å². The van der Waals surface area contributed by atoms with Gasteiger partial charge in [0.05, 0.1) is 13.2 Å². The number of tetrazole rings is 1. The molecule has 18 heavy (non-hydrogen) atoms. The van der Waals surface area contributed by atoms with Gasteiger partial charge in [0, 0.05) is 5.56 Å². The third kappa shape index (κ3) is 2.84. The summed E-state index contributed by atoms with van der Waals surface area (Å²) in [6.07, 6.45) is -0.574. The highest BCUT2D eigenvalue weighted by atomic mass is 16.5. The Hall–Kier alpha value is -1.95. The lowest BCUT2D eigenvalue weighted by Crippen LogP contribution is -2.03. The zero-order chi connectivity index (χ0) is 13.1. The Morgan fingerprint density at radius 1 is 1.44 bits per heavy atom. The highest BCUT2D eigenvalue weighted by molar-refractivity contribution is 5.38. The van der Waals surface area contributed by atoms with Crippen molar-refractivity contribution in [2.24, 2.45) is 7.05 Å². The van der Waals surface area contributed by atoms with E-state index in [0.29, 0.717) is 11.6 Å². The molecule has 1 unspecified atom stereocenters. The van der Waals surface area contributed by atoms with Gasteiger partial charge in [0.1, 0.15) is 5.75 Å². The van der Waals surface area contributed by atoms with Crippen LogP contribution in [0, 0.1) is 6.92 Å². The smallest absolute Gasteiger partial charge is 0.212 e. The zero-order valence-electron chi connectivity index (χ0n) is 10.7. The Balaban J connectivity index is 2.13. The van der Waals surface area contributed by atoms with Crippen molar-refractivity contribution in [3.63, 3.8) is 0 Å². The number of hydrogen-bond acceptors (Lipinski definition) is 5. The zero-order valence-corrected chi connectivity index (χ0v) is 10.7. The number of hydrogen-bond donors (Lipinski definition) is 1. The van der Waals surface area contributed by atoms with Crippen LogP contribution in [0.15, 0.2) is 18.2 Å². The number of aryl methyl sites for hydroxylation is 2. The first-order valence-corrected chi connectivity index (χ1v) is 5.70. The van der Waals surface area contributed by atoms with Crippen LogP contribution < -0.4 is 4.74 Å². The van der Waals surface area contributed by atoms with Crippen molar-refractivity contribution in [2.45, 2.75) is 26.6 Å². The van der Waals surface area contributed by atoms with Gasteiger partial charge in [-0.25, -0.2) is 0 Å². The standard InChI is InChI=1S/C12H16N4O2/c1-8-4-5-11(10(6-8)9(2)17)18-7-12-13-15-16(3)14-12/h4-6,9,17H,7H2,1-3H3. The molecule has 0 spiro atoms. The molecule has 0 fully saturated rings. The summed E-state index contributed by atoms with van der Waals surface area (Å²) >= 11 is 0. The van der Waals surface area contributed by atoms with Gasteiger partial charge in [-0.3, -0.25) is 0 Å². The van der Waals surface area contributed by atoms with Crippen LogP contribution in [-0.2, 0) is 13.7 Å². The van der Waals surface area contributed by atoms with Crippen molar-refractivity contribution in [1.82, 2.24) is 20.2 Å². The maximum Gasteiger partial charge on any atom is 0.212 e. The number of aliphatic hydroxyl groups excluding tert-OH is 1. The Labute approximate surface area is 105 Å². The molecule has 0 bridgehead atoms. The molecular weight excluding hydrogens is 232 g/mol. The fourth-order valence-corrected chi connectivity index (χ4v) is 1.65. The monoisotopic (exact) mass is 248 g/mol. The van der Waals surface area contributed by atoms with E-state index in [4.69, 9.17) is 4.74 Å². The molecule has 0 aliphatic rings. The highest BCUT2D eigenvalue weighted by Crippen LogP contribution is 2.26. The molecule has 1 heterocycles. The molecule has 2 aromatic rings. The average Bonchev–Trinajstić information content (AvgIpc) is 2.73.